The van der Waals surface area contributed by atoms with Crippen LogP contribution >= 0.6 is 0 Å². The van der Waals surface area contributed by atoms with Gasteiger partial charge in [-0.1, -0.05) is 49.6 Å². The van der Waals surface area contributed by atoms with E-state index in [2.05, 4.69) is 50.4 Å². The summed E-state index contributed by atoms with van der Waals surface area (Å²) in [5, 5.41) is 3.82. The lowest BCUT2D eigenvalue weighted by Gasteiger charge is -2.31. The van der Waals surface area contributed by atoms with Crippen molar-refractivity contribution in [3.63, 3.8) is 0 Å². The number of nitrogens with one attached hydrogen (secondary N) is 1. The van der Waals surface area contributed by atoms with E-state index in [4.69, 9.17) is 0 Å². The van der Waals surface area contributed by atoms with Gasteiger partial charge in [0.25, 0.3) is 0 Å². The molecule has 0 aliphatic heterocycles. The molecule has 1 nitrogen and oxygen atoms in total. The van der Waals surface area contributed by atoms with Gasteiger partial charge in [-0.05, 0) is 51.0 Å². The van der Waals surface area contributed by atoms with Crippen molar-refractivity contribution in [1.29, 1.82) is 0 Å². The second kappa shape index (κ2) is 7.09. The van der Waals surface area contributed by atoms with Gasteiger partial charge in [0.1, 0.15) is 0 Å². The quantitative estimate of drug-likeness (QED) is 0.784. The topological polar surface area (TPSA) is 12.0 Å². The Hall–Kier alpha value is -0.820. The molecule has 0 radical (unpaired) electrons. The van der Waals surface area contributed by atoms with E-state index in [0.717, 1.165) is 12.0 Å². The van der Waals surface area contributed by atoms with E-state index in [1.54, 1.807) is 0 Å². The molecule has 1 aliphatic carbocycles. The van der Waals surface area contributed by atoms with Crippen molar-refractivity contribution in [2.75, 3.05) is 0 Å². The lowest BCUT2D eigenvalue weighted by Crippen LogP contribution is -2.35. The maximum absolute atomic E-state index is 3.82. The van der Waals surface area contributed by atoms with E-state index in [1.807, 2.05) is 0 Å². The third-order valence-electron chi connectivity index (χ3n) is 4.57. The third-order valence-corrected chi connectivity index (χ3v) is 4.57. The van der Waals surface area contributed by atoms with Gasteiger partial charge in [0, 0.05) is 12.1 Å². The summed E-state index contributed by atoms with van der Waals surface area (Å²) in [4.78, 5) is 0. The van der Waals surface area contributed by atoms with Crippen molar-refractivity contribution in [1.82, 2.24) is 5.32 Å². The summed E-state index contributed by atoms with van der Waals surface area (Å²) in [5.41, 5.74) is 2.79. The van der Waals surface area contributed by atoms with Crippen LogP contribution in [-0.2, 0) is 0 Å². The Balaban J connectivity index is 1.82. The first-order chi connectivity index (χ1) is 9.19. The lowest BCUT2D eigenvalue weighted by atomic mass is 9.83. The highest BCUT2D eigenvalue weighted by Gasteiger charge is 2.21. The van der Waals surface area contributed by atoms with Crippen LogP contribution in [0, 0.1) is 12.8 Å². The van der Waals surface area contributed by atoms with E-state index in [9.17, 15) is 0 Å². The maximum atomic E-state index is 3.82. The molecule has 0 saturated heterocycles. The molecule has 0 aromatic heterocycles. The van der Waals surface area contributed by atoms with Gasteiger partial charge in [-0.3, -0.25) is 0 Å². The van der Waals surface area contributed by atoms with E-state index in [0.29, 0.717) is 6.04 Å². The molecule has 1 atom stereocenters. The monoisotopic (exact) mass is 259 g/mol. The zero-order chi connectivity index (χ0) is 13.7. The van der Waals surface area contributed by atoms with E-state index < -0.39 is 0 Å². The summed E-state index contributed by atoms with van der Waals surface area (Å²) in [6.07, 6.45) is 8.35. The molecule has 2 rings (SSSR count). The molecule has 0 unspecified atom stereocenters. The van der Waals surface area contributed by atoms with E-state index >= 15 is 0 Å². The van der Waals surface area contributed by atoms with Gasteiger partial charge in [0.2, 0.25) is 0 Å². The summed E-state index contributed by atoms with van der Waals surface area (Å²) in [5.74, 6) is 0.998. The molecule has 1 aromatic carbocycles. The molecule has 0 heterocycles. The number of benzene rings is 1. The molecule has 1 heteroatoms. The minimum Gasteiger partial charge on any atom is -0.307 e. The van der Waals surface area contributed by atoms with Crippen LogP contribution < -0.4 is 5.32 Å². The minimum atomic E-state index is 0.479. The first-order valence-electron chi connectivity index (χ1n) is 8.01. The van der Waals surface area contributed by atoms with Gasteiger partial charge < -0.3 is 5.32 Å². The molecule has 0 amide bonds. The smallest absolute Gasteiger partial charge is 0.0294 e. The van der Waals surface area contributed by atoms with Gasteiger partial charge in [-0.2, -0.15) is 0 Å². The second-order valence-electron chi connectivity index (χ2n) is 6.31. The average Bonchev–Trinajstić information content (AvgIpc) is 2.41. The molecule has 0 bridgehead atoms. The zero-order valence-corrected chi connectivity index (χ0v) is 12.8. The molecule has 1 aromatic rings. The second-order valence-corrected chi connectivity index (χ2v) is 6.31. The summed E-state index contributed by atoms with van der Waals surface area (Å²) >= 11 is 0. The van der Waals surface area contributed by atoms with E-state index in [1.165, 1.54) is 49.7 Å². The van der Waals surface area contributed by atoms with Crippen molar-refractivity contribution in [2.24, 2.45) is 5.92 Å². The fourth-order valence-corrected chi connectivity index (χ4v) is 3.42. The van der Waals surface area contributed by atoms with Gasteiger partial charge in [-0.15, -0.1) is 0 Å². The summed E-state index contributed by atoms with van der Waals surface area (Å²) in [6.45, 7) is 6.78. The zero-order valence-electron chi connectivity index (χ0n) is 12.8. The highest BCUT2D eigenvalue weighted by molar-refractivity contribution is 5.24. The van der Waals surface area contributed by atoms with Gasteiger partial charge >= 0.3 is 0 Å². The molecule has 19 heavy (non-hydrogen) atoms. The Morgan fingerprint density at radius 2 is 1.95 bits per heavy atom. The largest absolute Gasteiger partial charge is 0.307 e. The Morgan fingerprint density at radius 3 is 2.58 bits per heavy atom. The molecular formula is C18H29N. The SMILES string of the molecule is CCCC1CCC(N[C@H](C)c2cccc(C)c2)CC1. The van der Waals surface area contributed by atoms with Gasteiger partial charge in [-0.25, -0.2) is 0 Å². The Kier molecular flexibility index (Phi) is 5.45. The predicted octanol–water partition coefficient (Wildman–Crippen LogP) is 5.00. The van der Waals surface area contributed by atoms with Crippen LogP contribution in [0.1, 0.15) is 69.5 Å². The average molecular weight is 259 g/mol. The fraction of sp³-hybridized carbons (Fsp3) is 0.667. The highest BCUT2D eigenvalue weighted by Crippen LogP contribution is 2.29. The minimum absolute atomic E-state index is 0.479. The molecule has 0 spiro atoms. The van der Waals surface area contributed by atoms with Crippen LogP contribution in [0.25, 0.3) is 0 Å². The molecular weight excluding hydrogens is 230 g/mol. The summed E-state index contributed by atoms with van der Waals surface area (Å²) in [6, 6.07) is 10.1. The Morgan fingerprint density at radius 1 is 1.21 bits per heavy atom. The number of rotatable bonds is 5. The maximum Gasteiger partial charge on any atom is 0.0294 e. The molecule has 1 aliphatic rings. The first kappa shape index (κ1) is 14.6. The standard InChI is InChI=1S/C18H29N/c1-4-6-16-9-11-18(12-10-16)19-15(3)17-8-5-7-14(2)13-17/h5,7-8,13,15-16,18-19H,4,6,9-12H2,1-3H3/t15-,16?,18?/m1/s1. The third kappa shape index (κ3) is 4.35. The van der Waals surface area contributed by atoms with E-state index in [-0.39, 0.29) is 0 Å². The number of hydrogen-bond donors (Lipinski definition) is 1. The summed E-state index contributed by atoms with van der Waals surface area (Å²) in [7, 11) is 0. The van der Waals surface area contributed by atoms with Crippen LogP contribution in [0.3, 0.4) is 0 Å². The van der Waals surface area contributed by atoms with Crippen LogP contribution in [0.2, 0.25) is 0 Å². The van der Waals surface area contributed by atoms with Gasteiger partial charge in [0.15, 0.2) is 0 Å². The van der Waals surface area contributed by atoms with Gasteiger partial charge in [0.05, 0.1) is 0 Å². The van der Waals surface area contributed by atoms with Crippen molar-refractivity contribution < 1.29 is 0 Å². The molecule has 106 valence electrons. The van der Waals surface area contributed by atoms with Crippen molar-refractivity contribution >= 4 is 0 Å². The lowest BCUT2D eigenvalue weighted by molar-refractivity contribution is 0.266. The summed E-state index contributed by atoms with van der Waals surface area (Å²) < 4.78 is 0. The number of hydrogen-bond acceptors (Lipinski definition) is 1. The highest BCUT2D eigenvalue weighted by atomic mass is 14.9. The van der Waals surface area contributed by atoms with Crippen molar-refractivity contribution in [2.45, 2.75) is 71.4 Å². The van der Waals surface area contributed by atoms with Crippen LogP contribution in [-0.4, -0.2) is 6.04 Å². The Labute approximate surface area is 118 Å². The van der Waals surface area contributed by atoms with Crippen molar-refractivity contribution in [3.05, 3.63) is 35.4 Å². The first-order valence-corrected chi connectivity index (χ1v) is 8.01. The van der Waals surface area contributed by atoms with Crippen molar-refractivity contribution in [3.8, 4) is 0 Å². The Bertz CT molecular complexity index is 377. The number of aryl methyl sites for hydroxylation is 1. The molecule has 1 saturated carbocycles. The predicted molar refractivity (Wildman–Crippen MR) is 83.4 cm³/mol. The fourth-order valence-electron chi connectivity index (χ4n) is 3.42. The van der Waals surface area contributed by atoms with Crippen LogP contribution in [0.4, 0.5) is 0 Å². The molecule has 1 N–H and O–H groups in total. The normalized spacial score (nSPS) is 25.2. The molecule has 1 fully saturated rings. The van der Waals surface area contributed by atoms with Crippen LogP contribution in [0.5, 0.6) is 0 Å². The van der Waals surface area contributed by atoms with Crippen LogP contribution in [0.15, 0.2) is 24.3 Å².